The van der Waals surface area contributed by atoms with Crippen LogP contribution in [0.2, 0.25) is 0 Å². The Balaban J connectivity index is 0.861. The van der Waals surface area contributed by atoms with Gasteiger partial charge in [-0.15, -0.1) is 5.10 Å². The minimum atomic E-state index is -2.05. The van der Waals surface area contributed by atoms with E-state index in [1.54, 1.807) is 97.5 Å². The van der Waals surface area contributed by atoms with E-state index in [-0.39, 0.29) is 39.6 Å². The lowest BCUT2D eigenvalue weighted by molar-refractivity contribution is -0.334. The van der Waals surface area contributed by atoms with Crippen molar-refractivity contribution in [3.8, 4) is 28.2 Å². The van der Waals surface area contributed by atoms with Crippen molar-refractivity contribution in [3.05, 3.63) is 82.3 Å². The molecule has 15 N–H and O–H groups in total. The molecular formula is C63H85N9O23S. The molecule has 2 saturated heterocycles. The molecule has 0 bridgehead atoms. The maximum absolute atomic E-state index is 13.5. The zero-order chi connectivity index (χ0) is 70.3. The third kappa shape index (κ3) is 19.4. The van der Waals surface area contributed by atoms with Gasteiger partial charge in [0.1, 0.15) is 94.9 Å². The van der Waals surface area contributed by atoms with E-state index in [1.807, 2.05) is 0 Å². The predicted octanol–water partition coefficient (Wildman–Crippen LogP) is 1.84. The smallest absolute Gasteiger partial charge is 0.408 e. The highest BCUT2D eigenvalue weighted by Gasteiger charge is 2.55. The van der Waals surface area contributed by atoms with Gasteiger partial charge >= 0.3 is 24.2 Å². The van der Waals surface area contributed by atoms with Gasteiger partial charge in [-0.1, -0.05) is 11.3 Å². The van der Waals surface area contributed by atoms with Crippen molar-refractivity contribution in [2.45, 2.75) is 210 Å². The van der Waals surface area contributed by atoms with Crippen LogP contribution in [0.25, 0.3) is 33.4 Å². The number of aliphatic hydroxyl groups is 7. The molecule has 3 aliphatic heterocycles. The second kappa shape index (κ2) is 31.1. The maximum Gasteiger partial charge on any atom is 0.408 e. The first-order valence-corrected chi connectivity index (χ1v) is 31.5. The minimum absolute atomic E-state index is 0.0434. The summed E-state index contributed by atoms with van der Waals surface area (Å²) in [7, 11) is 0. The number of anilines is 1. The van der Waals surface area contributed by atoms with Crippen LogP contribution in [0.3, 0.4) is 0 Å². The summed E-state index contributed by atoms with van der Waals surface area (Å²) in [6.07, 6.45) is -22.6. The third-order valence-corrected chi connectivity index (χ3v) is 15.7. The second-order valence-corrected chi connectivity index (χ2v) is 27.0. The molecule has 15 atom stereocenters. The van der Waals surface area contributed by atoms with Gasteiger partial charge in [0, 0.05) is 66.6 Å². The third-order valence-electron chi connectivity index (χ3n) is 15.4. The van der Waals surface area contributed by atoms with Crippen molar-refractivity contribution in [2.75, 3.05) is 25.0 Å². The Morgan fingerprint density at radius 1 is 0.688 bits per heavy atom. The molecule has 2 aromatic carbocycles. The number of carboxylic acids is 1. The molecule has 0 spiro atoms. The first-order valence-electron chi connectivity index (χ1n) is 31.1. The maximum atomic E-state index is 13.5. The van der Waals surface area contributed by atoms with Crippen LogP contribution in [0.5, 0.6) is 5.75 Å². The lowest BCUT2D eigenvalue weighted by atomic mass is 9.83. The van der Waals surface area contributed by atoms with E-state index in [2.05, 4.69) is 42.2 Å². The van der Waals surface area contributed by atoms with E-state index in [1.165, 1.54) is 30.3 Å². The van der Waals surface area contributed by atoms with Gasteiger partial charge in [-0.2, -0.15) is 0 Å². The number of hydrogen-bond donors (Lipinski definition) is 15. The van der Waals surface area contributed by atoms with Crippen molar-refractivity contribution in [3.63, 3.8) is 0 Å². The van der Waals surface area contributed by atoms with Crippen molar-refractivity contribution in [2.24, 2.45) is 0 Å². The molecule has 6 unspecified atom stereocenters. The van der Waals surface area contributed by atoms with Crippen molar-refractivity contribution >= 4 is 64.1 Å². The van der Waals surface area contributed by atoms with Crippen LogP contribution < -0.4 is 37.3 Å². The molecule has 526 valence electrons. The number of carboxylic acid groups (broad SMARTS) is 1. The van der Waals surface area contributed by atoms with Gasteiger partial charge in [0.25, 0.3) is 0 Å². The zero-order valence-electron chi connectivity index (χ0n) is 54.3. The number of carbonyl (C=O) groups is 5. The molecule has 8 rings (SSSR count). The quantitative estimate of drug-likeness (QED) is 0.0216. The highest BCUT2D eigenvalue weighted by atomic mass is 32.1. The fourth-order valence-corrected chi connectivity index (χ4v) is 11.4. The van der Waals surface area contributed by atoms with Crippen LogP contribution in [-0.2, 0) is 50.9 Å². The first-order chi connectivity index (χ1) is 45.0. The number of ether oxygens (including phenoxy) is 7. The number of aromatic nitrogens is 3. The first kappa shape index (κ1) is 73.9. The number of aromatic hydroxyl groups is 1. The van der Waals surface area contributed by atoms with E-state index in [0.29, 0.717) is 65.8 Å². The summed E-state index contributed by atoms with van der Waals surface area (Å²) >= 11 is 5.52. The Morgan fingerprint density at radius 3 is 1.91 bits per heavy atom. The second-order valence-electron chi connectivity index (χ2n) is 26.6. The van der Waals surface area contributed by atoms with Crippen molar-refractivity contribution in [1.29, 1.82) is 0 Å². The number of benzene rings is 3. The highest BCUT2D eigenvalue weighted by Crippen LogP contribution is 2.43. The molecule has 3 fully saturated rings. The van der Waals surface area contributed by atoms with Crippen LogP contribution in [-0.4, -0.2) is 224 Å². The van der Waals surface area contributed by atoms with Crippen LogP contribution in [0, 0.1) is 0 Å². The summed E-state index contributed by atoms with van der Waals surface area (Å²) in [5, 5.41) is 125. The number of fused-ring (bicyclic) bond motifs is 2. The van der Waals surface area contributed by atoms with Crippen LogP contribution in [0.1, 0.15) is 104 Å². The van der Waals surface area contributed by atoms with Gasteiger partial charge in [-0.3, -0.25) is 14.3 Å². The lowest BCUT2D eigenvalue weighted by Gasteiger charge is -2.49. The number of alkyl carbamates (subject to hydrolysis) is 3. The van der Waals surface area contributed by atoms with Gasteiger partial charge < -0.3 is 115 Å². The van der Waals surface area contributed by atoms with Gasteiger partial charge in [0.2, 0.25) is 5.91 Å². The molecule has 5 aliphatic rings. The van der Waals surface area contributed by atoms with E-state index in [0.717, 1.165) is 0 Å². The Labute approximate surface area is 556 Å². The fourth-order valence-electron chi connectivity index (χ4n) is 11.2. The summed E-state index contributed by atoms with van der Waals surface area (Å²) in [5.41, 5.74) is -0.972. The Morgan fingerprint density at radius 2 is 1.29 bits per heavy atom. The number of aromatic carboxylic acids is 1. The molecule has 1 saturated carbocycles. The molecule has 96 heavy (non-hydrogen) atoms. The molecule has 1 aromatic heterocycles. The number of aliphatic hydroxyl groups excluding tert-OH is 7. The van der Waals surface area contributed by atoms with E-state index < -0.39 is 158 Å². The Kier molecular flexibility index (Phi) is 23.9. The average Bonchev–Trinajstić information content (AvgIpc) is 1.03. The molecule has 3 aromatic rings. The molecule has 32 nitrogen and oxygen atoms in total. The molecule has 4 amide bonds. The zero-order valence-corrected chi connectivity index (χ0v) is 55.1. The number of phenols is 1. The van der Waals surface area contributed by atoms with Crippen LogP contribution in [0.4, 0.5) is 20.1 Å². The van der Waals surface area contributed by atoms with Crippen LogP contribution in [0.15, 0.2) is 70.0 Å². The number of phenolic OH excluding ortho intramolecular Hbond substituents is 1. The summed E-state index contributed by atoms with van der Waals surface area (Å²) in [5.74, 6) is -1.59. The number of nitrogens with zero attached hydrogens (tertiary/aromatic N) is 3. The molecule has 0 radical (unpaired) electrons. The largest absolute Gasteiger partial charge is 0.508 e. The fraction of sp³-hybridized carbons (Fsp3) is 0.571. The summed E-state index contributed by atoms with van der Waals surface area (Å²) in [6, 6.07) is 8.99. The van der Waals surface area contributed by atoms with Crippen molar-refractivity contribution < 1.29 is 108 Å². The monoisotopic (exact) mass is 1370 g/mol. The Hall–Kier alpha value is -7.93. The van der Waals surface area contributed by atoms with E-state index in [9.17, 15) is 74.7 Å². The number of carbonyl (C=O) groups excluding carboxylic acids is 4. The Bertz CT molecular complexity index is 3590. The minimum Gasteiger partial charge on any atom is -0.508 e. The number of aryl methyl sites for hydroxylation is 2. The number of amides is 4. The van der Waals surface area contributed by atoms with Gasteiger partial charge in [-0.25, -0.2) is 19.2 Å². The van der Waals surface area contributed by atoms with Crippen LogP contribution >= 0.6 is 12.2 Å². The van der Waals surface area contributed by atoms with Crippen molar-refractivity contribution in [1.82, 2.24) is 41.6 Å². The topological polar surface area (TPSA) is 465 Å². The number of hydrogen-bond acceptors (Lipinski definition) is 25. The van der Waals surface area contributed by atoms with Gasteiger partial charge in [0.05, 0.1) is 36.0 Å². The normalized spacial score (nSPS) is 26.3. The van der Waals surface area contributed by atoms with Gasteiger partial charge in [-0.05, 0) is 142 Å². The van der Waals surface area contributed by atoms with E-state index in [4.69, 9.17) is 49.8 Å². The number of nitrogens with one attached hydrogen (secondary N) is 6. The SMILES string of the molecule is CC(C)(C)OC(=O)NC1C[C@@H](NC(=O)OC(C)(C)C)[C@@H](O[C@@H]2O[C@H](CO)[C@H](O)C(NC(=O)OC(C)(C)C)C2O)C(O)[C@@H]1O[C@H]1OC(CNC(=O)CCCc2cn(CCCNC(=S)Nc3ccc(-c4c5ccc(=O)cc-5oc5cc(O)ccc45)c(C(=O)O)c3)nn2)[C@@H](O)[C@H](O)C1O. The van der Waals surface area contributed by atoms with E-state index >= 15 is 0 Å². The molecular weight excluding hydrogens is 1280 g/mol. The summed E-state index contributed by atoms with van der Waals surface area (Å²) < 4.78 is 48.1. The molecule has 2 aliphatic carbocycles. The molecule has 33 heteroatoms. The summed E-state index contributed by atoms with van der Waals surface area (Å²) in [4.78, 5) is 78.1. The number of thiocarbonyl (C=S) groups is 1. The molecule has 4 heterocycles. The number of rotatable bonds is 21. The highest BCUT2D eigenvalue weighted by molar-refractivity contribution is 7.80. The predicted molar refractivity (Wildman–Crippen MR) is 342 cm³/mol. The average molecular weight is 1370 g/mol. The van der Waals surface area contributed by atoms with Gasteiger partial charge in [0.15, 0.2) is 23.1 Å². The lowest BCUT2D eigenvalue weighted by Crippen LogP contribution is -2.70. The standard InChI is InChI=1S/C63H85N9O23S/c1-61(2,3)93-58(85)67-37-25-38(68-59(86)94-62(4,5)6)53(51(82)52(37)91-55-48(79)45(46(77)42(28-73)90-55)69-60(87)95-63(7,8)9)92-56-50(81)49(80)47(78)41(89-56)26-65-43(76)13-10-12-30-27-72(71-70-30)21-11-20-64-57(96)66-29-14-17-33(36(22-29)54(83)84)44-34-18-15-31(74)23-39(34)88-40-24-32(75)16-19-35(40)44/h14-19,22-24,27,37-38,41-42,45-53,55-56,73-74,77-82H,10-13,20-21,25-26,28H2,1-9H3,(H,65,76)(H,67,85)(H,68,86)(H,69,87)(H,83,84)(H2,64,66,96)/t37-,38?,41?,42-,45?,46+,47-,48?,49+,50?,51?,52-,53-,55+,56-/m1/s1. The summed E-state index contributed by atoms with van der Waals surface area (Å²) in [6.45, 7) is 13.7.